The van der Waals surface area contributed by atoms with E-state index in [4.69, 9.17) is 0 Å². The molecule has 2 aromatic carbocycles. The lowest BCUT2D eigenvalue weighted by atomic mass is 9.96. The van der Waals surface area contributed by atoms with Crippen molar-refractivity contribution in [1.82, 2.24) is 20.2 Å². The summed E-state index contributed by atoms with van der Waals surface area (Å²) in [5.74, 6) is 0.511. The summed E-state index contributed by atoms with van der Waals surface area (Å²) >= 11 is 0. The van der Waals surface area contributed by atoms with Crippen LogP contribution in [-0.2, 0) is 17.8 Å². The fourth-order valence-electron chi connectivity index (χ4n) is 3.28. The van der Waals surface area contributed by atoms with Crippen molar-refractivity contribution >= 4 is 11.6 Å². The Morgan fingerprint density at radius 3 is 2.72 bits per heavy atom. The Balaban J connectivity index is 1.56. The Hall–Kier alpha value is -3.02. The number of hydrogen-bond acceptors (Lipinski definition) is 4. The summed E-state index contributed by atoms with van der Waals surface area (Å²) in [6, 6.07) is 17.9. The molecule has 0 N–H and O–H groups in total. The van der Waals surface area contributed by atoms with E-state index in [1.807, 2.05) is 53.4 Å². The van der Waals surface area contributed by atoms with Gasteiger partial charge in [0.05, 0.1) is 0 Å². The number of tetrazole rings is 1. The third-order valence-electron chi connectivity index (χ3n) is 4.55. The van der Waals surface area contributed by atoms with Crippen molar-refractivity contribution in [1.29, 1.82) is 0 Å². The van der Waals surface area contributed by atoms with Crippen LogP contribution in [0, 0.1) is 0 Å². The molecule has 0 fully saturated rings. The molecule has 0 radical (unpaired) electrons. The molecule has 3 aromatic rings. The van der Waals surface area contributed by atoms with Crippen LogP contribution in [0.1, 0.15) is 18.9 Å². The van der Waals surface area contributed by atoms with Gasteiger partial charge >= 0.3 is 0 Å². The van der Waals surface area contributed by atoms with Gasteiger partial charge in [0.25, 0.3) is 5.91 Å². The fourth-order valence-corrected chi connectivity index (χ4v) is 3.28. The van der Waals surface area contributed by atoms with E-state index < -0.39 is 0 Å². The maximum atomic E-state index is 12.9. The topological polar surface area (TPSA) is 63.9 Å². The molecule has 126 valence electrons. The van der Waals surface area contributed by atoms with Crippen molar-refractivity contribution in [2.45, 2.75) is 32.4 Å². The largest absolute Gasteiger partial charge is 0.308 e. The maximum Gasteiger partial charge on any atom is 0.250 e. The van der Waals surface area contributed by atoms with Crippen molar-refractivity contribution in [3.8, 4) is 11.4 Å². The quantitative estimate of drug-likeness (QED) is 0.739. The lowest BCUT2D eigenvalue weighted by Gasteiger charge is -2.35. The van der Waals surface area contributed by atoms with Crippen LogP contribution in [0.25, 0.3) is 11.4 Å². The van der Waals surface area contributed by atoms with Crippen molar-refractivity contribution in [2.75, 3.05) is 4.90 Å². The lowest BCUT2D eigenvalue weighted by Crippen LogP contribution is -2.44. The molecular weight excluding hydrogens is 314 g/mol. The maximum absolute atomic E-state index is 12.9. The first-order valence-corrected chi connectivity index (χ1v) is 8.45. The standard InChI is InChI=1S/C19H19N5O/c1-14-11-12-15-7-5-6-10-17(15)24(14)18(25)13-23-21-19(20-22-23)16-8-3-2-4-9-16/h2-10,14H,11-13H2,1H3. The molecule has 0 saturated heterocycles. The van der Waals surface area contributed by atoms with Crippen molar-refractivity contribution in [2.24, 2.45) is 0 Å². The van der Waals surface area contributed by atoms with Gasteiger partial charge < -0.3 is 4.90 Å². The molecule has 1 aliphatic heterocycles. The minimum atomic E-state index is -0.0170. The molecule has 6 nitrogen and oxygen atoms in total. The molecule has 6 heteroatoms. The molecule has 0 spiro atoms. The summed E-state index contributed by atoms with van der Waals surface area (Å²) in [6.45, 7) is 2.16. The van der Waals surface area contributed by atoms with Crippen molar-refractivity contribution in [3.05, 3.63) is 60.2 Å². The zero-order valence-corrected chi connectivity index (χ0v) is 14.0. The number of hydrogen-bond donors (Lipinski definition) is 0. The normalized spacial score (nSPS) is 16.5. The first kappa shape index (κ1) is 15.5. The summed E-state index contributed by atoms with van der Waals surface area (Å²) in [5.41, 5.74) is 3.10. The van der Waals surface area contributed by atoms with Crippen LogP contribution in [0.15, 0.2) is 54.6 Å². The lowest BCUT2D eigenvalue weighted by molar-refractivity contribution is -0.120. The Morgan fingerprint density at radius 2 is 1.88 bits per heavy atom. The van der Waals surface area contributed by atoms with E-state index in [0.717, 1.165) is 24.1 Å². The number of aromatic nitrogens is 4. The predicted molar refractivity (Wildman–Crippen MR) is 95.0 cm³/mol. The van der Waals surface area contributed by atoms with Crippen LogP contribution < -0.4 is 4.90 Å². The summed E-state index contributed by atoms with van der Waals surface area (Å²) in [4.78, 5) is 16.1. The highest BCUT2D eigenvalue weighted by molar-refractivity contribution is 5.95. The molecule has 1 atom stereocenters. The van der Waals surface area contributed by atoms with Crippen LogP contribution in [0.5, 0.6) is 0 Å². The number of aryl methyl sites for hydroxylation is 1. The molecule has 0 aliphatic carbocycles. The van der Waals surface area contributed by atoms with Gasteiger partial charge in [-0.05, 0) is 36.6 Å². The second-order valence-corrected chi connectivity index (χ2v) is 6.29. The molecule has 0 saturated carbocycles. The molecule has 1 aromatic heterocycles. The molecule has 1 amide bonds. The number of anilines is 1. The second kappa shape index (κ2) is 6.47. The second-order valence-electron chi connectivity index (χ2n) is 6.29. The van der Waals surface area contributed by atoms with Crippen LogP contribution in [0.4, 0.5) is 5.69 Å². The number of carbonyl (C=O) groups excluding carboxylic acids is 1. The van der Waals surface area contributed by atoms with Gasteiger partial charge in [0.1, 0.15) is 6.54 Å². The molecule has 1 aliphatic rings. The van der Waals surface area contributed by atoms with E-state index in [9.17, 15) is 4.79 Å². The van der Waals surface area contributed by atoms with E-state index in [0.29, 0.717) is 5.82 Å². The Labute approximate surface area is 146 Å². The van der Waals surface area contributed by atoms with Crippen LogP contribution in [0.3, 0.4) is 0 Å². The highest BCUT2D eigenvalue weighted by Crippen LogP contribution is 2.30. The number of para-hydroxylation sites is 1. The molecule has 1 unspecified atom stereocenters. The summed E-state index contributed by atoms with van der Waals surface area (Å²) in [7, 11) is 0. The number of carbonyl (C=O) groups is 1. The first-order valence-electron chi connectivity index (χ1n) is 8.45. The molecule has 25 heavy (non-hydrogen) atoms. The minimum absolute atomic E-state index is 0.0170. The zero-order valence-electron chi connectivity index (χ0n) is 14.0. The fraction of sp³-hybridized carbons (Fsp3) is 0.263. The number of fused-ring (bicyclic) bond motifs is 1. The number of nitrogens with zero attached hydrogens (tertiary/aromatic N) is 5. The van der Waals surface area contributed by atoms with E-state index in [2.05, 4.69) is 28.4 Å². The van der Waals surface area contributed by atoms with E-state index >= 15 is 0 Å². The van der Waals surface area contributed by atoms with Gasteiger partial charge in [0, 0.05) is 17.3 Å². The molecule has 2 heterocycles. The monoisotopic (exact) mass is 333 g/mol. The molecule has 0 bridgehead atoms. The Bertz CT molecular complexity index is 890. The highest BCUT2D eigenvalue weighted by Gasteiger charge is 2.28. The van der Waals surface area contributed by atoms with E-state index in [-0.39, 0.29) is 18.5 Å². The van der Waals surface area contributed by atoms with Gasteiger partial charge in [-0.2, -0.15) is 4.80 Å². The van der Waals surface area contributed by atoms with Crippen LogP contribution >= 0.6 is 0 Å². The number of rotatable bonds is 3. The number of benzene rings is 2. The van der Waals surface area contributed by atoms with Gasteiger partial charge in [-0.1, -0.05) is 48.5 Å². The minimum Gasteiger partial charge on any atom is -0.308 e. The summed E-state index contributed by atoms with van der Waals surface area (Å²) < 4.78 is 0. The van der Waals surface area contributed by atoms with Crippen LogP contribution in [0.2, 0.25) is 0 Å². The van der Waals surface area contributed by atoms with Gasteiger partial charge in [-0.15, -0.1) is 10.2 Å². The average molecular weight is 333 g/mol. The molecular formula is C19H19N5O. The Kier molecular flexibility index (Phi) is 4.01. The highest BCUT2D eigenvalue weighted by atomic mass is 16.2. The average Bonchev–Trinajstić information content (AvgIpc) is 3.10. The van der Waals surface area contributed by atoms with Gasteiger partial charge in [0.15, 0.2) is 0 Å². The Morgan fingerprint density at radius 1 is 1.12 bits per heavy atom. The van der Waals surface area contributed by atoms with Crippen molar-refractivity contribution in [3.63, 3.8) is 0 Å². The summed E-state index contributed by atoms with van der Waals surface area (Å²) in [6.07, 6.45) is 1.96. The summed E-state index contributed by atoms with van der Waals surface area (Å²) in [5, 5.41) is 12.4. The zero-order chi connectivity index (χ0) is 17.2. The van der Waals surface area contributed by atoms with Gasteiger partial charge in [0.2, 0.25) is 5.82 Å². The van der Waals surface area contributed by atoms with Crippen molar-refractivity contribution < 1.29 is 4.79 Å². The van der Waals surface area contributed by atoms with Crippen LogP contribution in [-0.4, -0.2) is 32.2 Å². The first-order chi connectivity index (χ1) is 12.2. The third-order valence-corrected chi connectivity index (χ3v) is 4.55. The third kappa shape index (κ3) is 3.03. The molecule has 4 rings (SSSR count). The van der Waals surface area contributed by atoms with E-state index in [1.54, 1.807) is 0 Å². The SMILES string of the molecule is CC1CCc2ccccc2N1C(=O)Cn1nnc(-c2ccccc2)n1. The van der Waals surface area contributed by atoms with Gasteiger partial charge in [-0.3, -0.25) is 4.79 Å². The number of amides is 1. The predicted octanol–water partition coefficient (Wildman–Crippen LogP) is 2.71. The van der Waals surface area contributed by atoms with Gasteiger partial charge in [-0.25, -0.2) is 0 Å². The van der Waals surface area contributed by atoms with E-state index in [1.165, 1.54) is 10.4 Å². The smallest absolute Gasteiger partial charge is 0.250 e.